The molecule has 0 saturated carbocycles. The monoisotopic (exact) mass is 257 g/mol. The van der Waals surface area contributed by atoms with Crippen LogP contribution >= 0.6 is 22.9 Å². The summed E-state index contributed by atoms with van der Waals surface area (Å²) in [5.74, 6) is 0. The van der Waals surface area contributed by atoms with Gasteiger partial charge in [-0.3, -0.25) is 0 Å². The molecule has 0 unspecified atom stereocenters. The van der Waals surface area contributed by atoms with Crippen LogP contribution < -0.4 is 5.32 Å². The number of aryl methyl sites for hydroxylation is 1. The fourth-order valence-corrected chi connectivity index (χ4v) is 2.04. The van der Waals surface area contributed by atoms with E-state index in [4.69, 9.17) is 11.6 Å². The van der Waals surface area contributed by atoms with Gasteiger partial charge in [0.05, 0.1) is 16.9 Å². The van der Waals surface area contributed by atoms with Gasteiger partial charge < -0.3 is 5.32 Å². The van der Waals surface area contributed by atoms with Crippen LogP contribution in [0.25, 0.3) is 5.13 Å². The molecule has 0 bridgehead atoms. The Bertz CT molecular complexity index is 458. The highest BCUT2D eigenvalue weighted by atomic mass is 35.5. The van der Waals surface area contributed by atoms with Crippen molar-refractivity contribution in [1.29, 1.82) is 0 Å². The summed E-state index contributed by atoms with van der Waals surface area (Å²) >= 11 is 7.44. The van der Waals surface area contributed by atoms with Gasteiger partial charge in [-0.25, -0.2) is 4.68 Å². The average molecular weight is 258 g/mol. The summed E-state index contributed by atoms with van der Waals surface area (Å²) in [6.45, 7) is 5.57. The molecule has 0 amide bonds. The Morgan fingerprint density at radius 3 is 2.94 bits per heavy atom. The van der Waals surface area contributed by atoms with E-state index in [0.717, 1.165) is 28.9 Å². The average Bonchev–Trinajstić information content (AvgIpc) is 2.84. The lowest BCUT2D eigenvalue weighted by Crippen LogP contribution is -2.11. The van der Waals surface area contributed by atoms with Crippen LogP contribution in [0.5, 0.6) is 0 Å². The second-order valence-corrected chi connectivity index (χ2v) is 4.71. The summed E-state index contributed by atoms with van der Waals surface area (Å²) in [7, 11) is 0. The van der Waals surface area contributed by atoms with Gasteiger partial charge >= 0.3 is 0 Å². The third-order valence-corrected chi connectivity index (χ3v) is 3.30. The molecule has 0 aliphatic rings. The van der Waals surface area contributed by atoms with Crippen LogP contribution in [-0.4, -0.2) is 26.5 Å². The van der Waals surface area contributed by atoms with Gasteiger partial charge in [0.25, 0.3) is 0 Å². The van der Waals surface area contributed by atoms with Crippen molar-refractivity contribution in [2.24, 2.45) is 0 Å². The SMILES string of the molecule is CCNCc1nnc(-n2cc(Cl)c(C)n2)s1. The van der Waals surface area contributed by atoms with Gasteiger partial charge in [0.15, 0.2) is 0 Å². The zero-order valence-corrected chi connectivity index (χ0v) is 10.6. The van der Waals surface area contributed by atoms with E-state index in [1.807, 2.05) is 6.92 Å². The van der Waals surface area contributed by atoms with Crippen molar-refractivity contribution in [1.82, 2.24) is 25.3 Å². The van der Waals surface area contributed by atoms with E-state index in [0.29, 0.717) is 5.02 Å². The maximum Gasteiger partial charge on any atom is 0.232 e. The Hall–Kier alpha value is -0.980. The van der Waals surface area contributed by atoms with Crippen molar-refractivity contribution in [3.8, 4) is 5.13 Å². The maximum atomic E-state index is 5.93. The number of aromatic nitrogens is 4. The first kappa shape index (κ1) is 11.5. The van der Waals surface area contributed by atoms with Crippen molar-refractivity contribution in [2.75, 3.05) is 6.54 Å². The zero-order valence-electron chi connectivity index (χ0n) is 9.07. The Morgan fingerprint density at radius 1 is 1.50 bits per heavy atom. The van der Waals surface area contributed by atoms with E-state index in [1.165, 1.54) is 11.3 Å². The molecule has 0 aromatic carbocycles. The predicted octanol–water partition coefficient (Wildman–Crippen LogP) is 1.80. The number of nitrogens with one attached hydrogen (secondary N) is 1. The molecule has 2 aromatic rings. The lowest BCUT2D eigenvalue weighted by atomic mass is 10.5. The molecule has 0 aliphatic heterocycles. The van der Waals surface area contributed by atoms with Gasteiger partial charge in [-0.15, -0.1) is 10.2 Å². The first-order valence-electron chi connectivity index (χ1n) is 4.96. The van der Waals surface area contributed by atoms with Crippen LogP contribution in [0.2, 0.25) is 5.02 Å². The van der Waals surface area contributed by atoms with Crippen LogP contribution in [0.3, 0.4) is 0 Å². The second kappa shape index (κ2) is 4.90. The number of halogens is 1. The molecule has 7 heteroatoms. The molecule has 2 aromatic heterocycles. The van der Waals surface area contributed by atoms with Crippen LogP contribution in [-0.2, 0) is 6.54 Å². The summed E-state index contributed by atoms with van der Waals surface area (Å²) in [4.78, 5) is 0. The molecule has 0 atom stereocenters. The highest BCUT2D eigenvalue weighted by molar-refractivity contribution is 7.13. The molecule has 0 radical (unpaired) electrons. The smallest absolute Gasteiger partial charge is 0.232 e. The normalized spacial score (nSPS) is 10.9. The quantitative estimate of drug-likeness (QED) is 0.908. The lowest BCUT2D eigenvalue weighted by Gasteiger charge is -1.93. The van der Waals surface area contributed by atoms with Crippen LogP contribution in [0.15, 0.2) is 6.20 Å². The van der Waals surface area contributed by atoms with Crippen molar-refractivity contribution in [2.45, 2.75) is 20.4 Å². The summed E-state index contributed by atoms with van der Waals surface area (Å²) < 4.78 is 1.66. The van der Waals surface area contributed by atoms with Gasteiger partial charge in [-0.1, -0.05) is 29.9 Å². The highest BCUT2D eigenvalue weighted by Crippen LogP contribution is 2.18. The number of rotatable bonds is 4. The van der Waals surface area contributed by atoms with E-state index in [2.05, 4.69) is 27.5 Å². The number of hydrogen-bond donors (Lipinski definition) is 1. The molecule has 2 rings (SSSR count). The van der Waals surface area contributed by atoms with E-state index in [9.17, 15) is 0 Å². The molecule has 2 heterocycles. The largest absolute Gasteiger partial charge is 0.311 e. The van der Waals surface area contributed by atoms with Crippen molar-refractivity contribution in [3.05, 3.63) is 21.9 Å². The van der Waals surface area contributed by atoms with Crippen LogP contribution in [0, 0.1) is 6.92 Å². The molecule has 1 N–H and O–H groups in total. The number of hydrogen-bond acceptors (Lipinski definition) is 5. The summed E-state index contributed by atoms with van der Waals surface area (Å²) in [5.41, 5.74) is 0.796. The topological polar surface area (TPSA) is 55.6 Å². The van der Waals surface area contributed by atoms with Gasteiger partial charge in [-0.05, 0) is 13.5 Å². The minimum atomic E-state index is 0.642. The van der Waals surface area contributed by atoms with Gasteiger partial charge in [0.2, 0.25) is 5.13 Å². The summed E-state index contributed by atoms with van der Waals surface area (Å²) in [5, 5.41) is 17.9. The van der Waals surface area contributed by atoms with Crippen molar-refractivity contribution >= 4 is 22.9 Å². The summed E-state index contributed by atoms with van der Waals surface area (Å²) in [6.07, 6.45) is 1.74. The highest BCUT2D eigenvalue weighted by Gasteiger charge is 2.09. The zero-order chi connectivity index (χ0) is 11.5. The van der Waals surface area contributed by atoms with E-state index in [1.54, 1.807) is 10.9 Å². The third-order valence-electron chi connectivity index (χ3n) is 2.02. The van der Waals surface area contributed by atoms with Crippen molar-refractivity contribution < 1.29 is 0 Å². The molecular formula is C9H12ClN5S. The molecule has 0 fully saturated rings. The van der Waals surface area contributed by atoms with Crippen LogP contribution in [0.4, 0.5) is 0 Å². The first-order chi connectivity index (χ1) is 7.70. The predicted molar refractivity (Wildman–Crippen MR) is 64.2 cm³/mol. The molecule has 5 nitrogen and oxygen atoms in total. The molecule has 0 saturated heterocycles. The molecule has 86 valence electrons. The summed E-state index contributed by atoms with van der Waals surface area (Å²) in [6, 6.07) is 0. The third kappa shape index (κ3) is 2.40. The van der Waals surface area contributed by atoms with E-state index < -0.39 is 0 Å². The number of nitrogens with zero attached hydrogens (tertiary/aromatic N) is 4. The minimum Gasteiger partial charge on any atom is -0.311 e. The fraction of sp³-hybridized carbons (Fsp3) is 0.444. The molecule has 0 spiro atoms. The Balaban J connectivity index is 2.18. The molecular weight excluding hydrogens is 246 g/mol. The minimum absolute atomic E-state index is 0.642. The fourth-order valence-electron chi connectivity index (χ4n) is 1.18. The standard InChI is InChI=1S/C9H12ClN5S/c1-3-11-4-8-12-13-9(16-8)15-5-7(10)6(2)14-15/h5,11H,3-4H2,1-2H3. The van der Waals surface area contributed by atoms with Crippen LogP contribution in [0.1, 0.15) is 17.6 Å². The van der Waals surface area contributed by atoms with Gasteiger partial charge in [-0.2, -0.15) is 5.10 Å². The molecule has 0 aliphatic carbocycles. The molecule has 16 heavy (non-hydrogen) atoms. The van der Waals surface area contributed by atoms with E-state index >= 15 is 0 Å². The first-order valence-corrected chi connectivity index (χ1v) is 6.15. The Morgan fingerprint density at radius 2 is 2.31 bits per heavy atom. The Kier molecular flexibility index (Phi) is 3.52. The second-order valence-electron chi connectivity index (χ2n) is 3.27. The van der Waals surface area contributed by atoms with Gasteiger partial charge in [0.1, 0.15) is 5.01 Å². The Labute approximate surface area is 102 Å². The lowest BCUT2D eigenvalue weighted by molar-refractivity contribution is 0.713. The van der Waals surface area contributed by atoms with E-state index in [-0.39, 0.29) is 0 Å². The van der Waals surface area contributed by atoms with Gasteiger partial charge in [0, 0.05) is 6.54 Å². The van der Waals surface area contributed by atoms with Crippen molar-refractivity contribution in [3.63, 3.8) is 0 Å². The maximum absolute atomic E-state index is 5.93.